The molecule has 0 aliphatic carbocycles. The maximum atomic E-state index is 9.83. The summed E-state index contributed by atoms with van der Waals surface area (Å²) in [5.74, 6) is 0.229. The van der Waals surface area contributed by atoms with Crippen LogP contribution in [0.3, 0.4) is 0 Å². The summed E-state index contributed by atoms with van der Waals surface area (Å²) in [6.07, 6.45) is 0. The highest BCUT2D eigenvalue weighted by Gasteiger charge is 2.09. The van der Waals surface area contributed by atoms with E-state index in [9.17, 15) is 10.2 Å². The van der Waals surface area contributed by atoms with Crippen molar-refractivity contribution in [1.82, 2.24) is 0 Å². The van der Waals surface area contributed by atoms with Gasteiger partial charge in [0.2, 0.25) is 0 Å². The summed E-state index contributed by atoms with van der Waals surface area (Å²) in [5, 5.41) is 19.3. The summed E-state index contributed by atoms with van der Waals surface area (Å²) < 4.78 is 0. The van der Waals surface area contributed by atoms with Crippen LogP contribution in [-0.4, -0.2) is 10.2 Å². The van der Waals surface area contributed by atoms with Crippen molar-refractivity contribution in [2.45, 2.75) is 13.8 Å². The molecule has 2 rings (SSSR count). The second-order valence-corrected chi connectivity index (χ2v) is 3.97. The Hall–Kier alpha value is -1.96. The van der Waals surface area contributed by atoms with E-state index in [0.29, 0.717) is 0 Å². The second kappa shape index (κ2) is 3.89. The second-order valence-electron chi connectivity index (χ2n) is 3.97. The quantitative estimate of drug-likeness (QED) is 0.764. The monoisotopic (exact) mass is 214 g/mol. The maximum absolute atomic E-state index is 9.83. The molecule has 2 aromatic carbocycles. The third-order valence-electron chi connectivity index (χ3n) is 2.75. The number of phenolic OH excluding ortho intramolecular Hbond substituents is 2. The summed E-state index contributed by atoms with van der Waals surface area (Å²) in [4.78, 5) is 0. The standard InChI is InChI=1S/C14H14O2/c1-9-5-3-4-6-11(9)12-7-10(2)13(15)8-14(12)16/h3-8,15-16H,1-2H3. The summed E-state index contributed by atoms with van der Waals surface area (Å²) >= 11 is 0. The third-order valence-corrected chi connectivity index (χ3v) is 2.75. The van der Waals surface area contributed by atoms with Crippen LogP contribution in [0.4, 0.5) is 0 Å². The Kier molecular flexibility index (Phi) is 2.57. The zero-order chi connectivity index (χ0) is 11.7. The van der Waals surface area contributed by atoms with Crippen LogP contribution < -0.4 is 0 Å². The van der Waals surface area contributed by atoms with Crippen molar-refractivity contribution in [2.24, 2.45) is 0 Å². The van der Waals surface area contributed by atoms with Gasteiger partial charge in [-0.05, 0) is 36.6 Å². The van der Waals surface area contributed by atoms with E-state index in [1.807, 2.05) is 38.1 Å². The van der Waals surface area contributed by atoms with Crippen LogP contribution in [0.25, 0.3) is 11.1 Å². The van der Waals surface area contributed by atoms with Crippen LogP contribution >= 0.6 is 0 Å². The highest BCUT2D eigenvalue weighted by molar-refractivity contribution is 5.74. The van der Waals surface area contributed by atoms with Gasteiger partial charge in [0.15, 0.2) is 0 Å². The van der Waals surface area contributed by atoms with Crippen molar-refractivity contribution in [2.75, 3.05) is 0 Å². The predicted octanol–water partition coefficient (Wildman–Crippen LogP) is 3.38. The van der Waals surface area contributed by atoms with E-state index in [2.05, 4.69) is 0 Å². The minimum Gasteiger partial charge on any atom is -0.508 e. The van der Waals surface area contributed by atoms with Crippen LogP contribution in [-0.2, 0) is 0 Å². The predicted molar refractivity (Wildman–Crippen MR) is 64.7 cm³/mol. The van der Waals surface area contributed by atoms with Crippen LogP contribution in [0, 0.1) is 13.8 Å². The van der Waals surface area contributed by atoms with E-state index in [0.717, 1.165) is 22.3 Å². The lowest BCUT2D eigenvalue weighted by atomic mass is 9.98. The molecule has 0 bridgehead atoms. The highest BCUT2D eigenvalue weighted by atomic mass is 16.3. The van der Waals surface area contributed by atoms with E-state index in [4.69, 9.17) is 0 Å². The van der Waals surface area contributed by atoms with Gasteiger partial charge in [-0.25, -0.2) is 0 Å². The third kappa shape index (κ3) is 1.74. The molecule has 2 nitrogen and oxygen atoms in total. The smallest absolute Gasteiger partial charge is 0.127 e. The minimum atomic E-state index is 0.109. The molecule has 0 aliphatic rings. The number of aromatic hydroxyl groups is 2. The molecular weight excluding hydrogens is 200 g/mol. The topological polar surface area (TPSA) is 40.5 Å². The first-order valence-corrected chi connectivity index (χ1v) is 5.18. The van der Waals surface area contributed by atoms with Crippen LogP contribution in [0.1, 0.15) is 11.1 Å². The molecular formula is C14H14O2. The lowest BCUT2D eigenvalue weighted by molar-refractivity contribution is 0.449. The Morgan fingerprint density at radius 2 is 1.44 bits per heavy atom. The first kappa shape index (κ1) is 10.6. The molecule has 0 fully saturated rings. The minimum absolute atomic E-state index is 0.109. The fraction of sp³-hybridized carbons (Fsp3) is 0.143. The van der Waals surface area contributed by atoms with E-state index in [1.165, 1.54) is 6.07 Å². The van der Waals surface area contributed by atoms with Gasteiger partial charge in [0.05, 0.1) is 0 Å². The molecule has 0 aliphatic heterocycles. The summed E-state index contributed by atoms with van der Waals surface area (Å²) in [6.45, 7) is 3.81. The number of phenols is 2. The van der Waals surface area contributed by atoms with Crippen molar-refractivity contribution in [3.63, 3.8) is 0 Å². The SMILES string of the molecule is Cc1cc(-c2ccccc2C)c(O)cc1O. The van der Waals surface area contributed by atoms with Gasteiger partial charge in [-0.15, -0.1) is 0 Å². The van der Waals surface area contributed by atoms with Crippen molar-refractivity contribution < 1.29 is 10.2 Å². The van der Waals surface area contributed by atoms with Gasteiger partial charge in [0, 0.05) is 11.6 Å². The summed E-state index contributed by atoms with van der Waals surface area (Å²) in [5.41, 5.74) is 3.61. The molecule has 0 heterocycles. The fourth-order valence-corrected chi connectivity index (χ4v) is 1.78. The van der Waals surface area contributed by atoms with Crippen molar-refractivity contribution in [3.8, 4) is 22.6 Å². The Labute approximate surface area is 94.8 Å². The van der Waals surface area contributed by atoms with E-state index < -0.39 is 0 Å². The Bertz CT molecular complexity index is 530. The first-order valence-electron chi connectivity index (χ1n) is 5.18. The van der Waals surface area contributed by atoms with Crippen molar-refractivity contribution >= 4 is 0 Å². The summed E-state index contributed by atoms with van der Waals surface area (Å²) in [6, 6.07) is 11.0. The molecule has 0 saturated carbocycles. The Balaban J connectivity index is 2.65. The van der Waals surface area contributed by atoms with E-state index >= 15 is 0 Å². The van der Waals surface area contributed by atoms with Crippen LogP contribution in [0.2, 0.25) is 0 Å². The molecule has 2 aromatic rings. The molecule has 82 valence electrons. The fourth-order valence-electron chi connectivity index (χ4n) is 1.78. The molecule has 2 heteroatoms. The average Bonchev–Trinajstić information content (AvgIpc) is 2.25. The molecule has 0 aromatic heterocycles. The number of rotatable bonds is 1. The normalized spacial score (nSPS) is 10.4. The Morgan fingerprint density at radius 3 is 2.12 bits per heavy atom. The molecule has 0 spiro atoms. The molecule has 0 radical (unpaired) electrons. The number of aryl methyl sites for hydroxylation is 2. The molecule has 0 saturated heterocycles. The van der Waals surface area contributed by atoms with Gasteiger partial charge in [-0.2, -0.15) is 0 Å². The van der Waals surface area contributed by atoms with Crippen molar-refractivity contribution in [3.05, 3.63) is 47.5 Å². The average molecular weight is 214 g/mol. The van der Waals surface area contributed by atoms with Gasteiger partial charge >= 0.3 is 0 Å². The Morgan fingerprint density at radius 1 is 0.750 bits per heavy atom. The zero-order valence-corrected chi connectivity index (χ0v) is 9.36. The van der Waals surface area contributed by atoms with Crippen LogP contribution in [0.15, 0.2) is 36.4 Å². The van der Waals surface area contributed by atoms with Gasteiger partial charge < -0.3 is 10.2 Å². The van der Waals surface area contributed by atoms with Crippen molar-refractivity contribution in [1.29, 1.82) is 0 Å². The number of hydrogen-bond donors (Lipinski definition) is 2. The van der Waals surface area contributed by atoms with E-state index in [1.54, 1.807) is 6.07 Å². The maximum Gasteiger partial charge on any atom is 0.127 e. The number of benzene rings is 2. The van der Waals surface area contributed by atoms with Gasteiger partial charge in [0.25, 0.3) is 0 Å². The molecule has 0 amide bonds. The van der Waals surface area contributed by atoms with Gasteiger partial charge in [0.1, 0.15) is 11.5 Å². The number of hydrogen-bond acceptors (Lipinski definition) is 2. The molecule has 16 heavy (non-hydrogen) atoms. The highest BCUT2D eigenvalue weighted by Crippen LogP contribution is 2.35. The molecule has 0 unspecified atom stereocenters. The van der Waals surface area contributed by atoms with Gasteiger partial charge in [-0.3, -0.25) is 0 Å². The molecule has 2 N–H and O–H groups in total. The lowest BCUT2D eigenvalue weighted by Crippen LogP contribution is -1.85. The lowest BCUT2D eigenvalue weighted by Gasteiger charge is -2.10. The summed E-state index contributed by atoms with van der Waals surface area (Å²) in [7, 11) is 0. The first-order chi connectivity index (χ1) is 7.59. The largest absolute Gasteiger partial charge is 0.508 e. The van der Waals surface area contributed by atoms with Gasteiger partial charge in [-0.1, -0.05) is 24.3 Å². The van der Waals surface area contributed by atoms with Crippen LogP contribution in [0.5, 0.6) is 11.5 Å². The molecule has 0 atom stereocenters. The van der Waals surface area contributed by atoms with E-state index in [-0.39, 0.29) is 11.5 Å². The zero-order valence-electron chi connectivity index (χ0n) is 9.36.